The van der Waals surface area contributed by atoms with Crippen LogP contribution >= 0.6 is 0 Å². The van der Waals surface area contributed by atoms with Gasteiger partial charge in [0.25, 0.3) is 0 Å². The number of aromatic nitrogens is 1. The summed E-state index contributed by atoms with van der Waals surface area (Å²) in [5.74, 6) is 1.07. The summed E-state index contributed by atoms with van der Waals surface area (Å²) < 4.78 is 0. The van der Waals surface area contributed by atoms with E-state index in [1.807, 2.05) is 25.1 Å². The maximum Gasteiger partial charge on any atom is 0.0990 e. The van der Waals surface area contributed by atoms with Crippen LogP contribution in [0.3, 0.4) is 0 Å². The summed E-state index contributed by atoms with van der Waals surface area (Å²) in [6, 6.07) is 5.93. The van der Waals surface area contributed by atoms with E-state index in [4.69, 9.17) is 0 Å². The third kappa shape index (κ3) is 2.86. The van der Waals surface area contributed by atoms with Crippen LogP contribution in [0.2, 0.25) is 0 Å². The lowest BCUT2D eigenvalue weighted by Gasteiger charge is -2.34. The molecule has 1 aliphatic carbocycles. The first-order valence-electron chi connectivity index (χ1n) is 6.84. The van der Waals surface area contributed by atoms with E-state index in [9.17, 15) is 5.11 Å². The van der Waals surface area contributed by atoms with Crippen molar-refractivity contribution in [3.05, 3.63) is 29.6 Å². The molecule has 1 N–H and O–H groups in total. The van der Waals surface area contributed by atoms with Crippen molar-refractivity contribution in [2.24, 2.45) is 11.8 Å². The van der Waals surface area contributed by atoms with Crippen LogP contribution in [0.5, 0.6) is 0 Å². The van der Waals surface area contributed by atoms with Gasteiger partial charge in [-0.25, -0.2) is 0 Å². The van der Waals surface area contributed by atoms with Gasteiger partial charge >= 0.3 is 0 Å². The molecule has 0 saturated heterocycles. The molecular formula is C15H23NO. The van der Waals surface area contributed by atoms with Crippen molar-refractivity contribution in [2.45, 2.75) is 52.1 Å². The van der Waals surface area contributed by atoms with Crippen LogP contribution in [-0.2, 0) is 0 Å². The molecule has 1 heterocycles. The third-order valence-electron chi connectivity index (χ3n) is 4.11. The van der Waals surface area contributed by atoms with Crippen LogP contribution in [0.4, 0.5) is 0 Å². The van der Waals surface area contributed by atoms with Crippen LogP contribution in [0.1, 0.15) is 56.5 Å². The number of aliphatic hydroxyl groups excluding tert-OH is 1. The fraction of sp³-hybridized carbons (Fsp3) is 0.667. The molecule has 0 spiro atoms. The second-order valence-corrected chi connectivity index (χ2v) is 5.27. The Kier molecular flexibility index (Phi) is 4.16. The first kappa shape index (κ1) is 12.6. The van der Waals surface area contributed by atoms with E-state index >= 15 is 0 Å². The smallest absolute Gasteiger partial charge is 0.0990 e. The predicted molar refractivity (Wildman–Crippen MR) is 69.7 cm³/mol. The van der Waals surface area contributed by atoms with Crippen LogP contribution in [-0.4, -0.2) is 10.1 Å². The Morgan fingerprint density at radius 1 is 1.35 bits per heavy atom. The minimum absolute atomic E-state index is 0.375. The first-order valence-corrected chi connectivity index (χ1v) is 6.84. The van der Waals surface area contributed by atoms with Crippen LogP contribution in [0.25, 0.3) is 0 Å². The molecule has 0 aromatic carbocycles. The standard InChI is InChI=1S/C15H23NO/c1-3-12-8-4-5-9-13(12)15(17)14-10-6-7-11(2)16-14/h6-7,10,12-13,15,17H,3-5,8-9H2,1-2H3. The second kappa shape index (κ2) is 5.63. The first-order chi connectivity index (χ1) is 8.22. The van der Waals surface area contributed by atoms with Crippen molar-refractivity contribution in [3.63, 3.8) is 0 Å². The number of aliphatic hydroxyl groups is 1. The molecule has 1 aromatic rings. The molecule has 0 aliphatic heterocycles. The zero-order valence-electron chi connectivity index (χ0n) is 10.9. The molecule has 3 unspecified atom stereocenters. The average molecular weight is 233 g/mol. The fourth-order valence-corrected chi connectivity index (χ4v) is 3.11. The van der Waals surface area contributed by atoms with Crippen molar-refractivity contribution in [1.82, 2.24) is 4.98 Å². The van der Waals surface area contributed by atoms with Gasteiger partial charge in [0.2, 0.25) is 0 Å². The molecule has 1 aromatic heterocycles. The van der Waals surface area contributed by atoms with Crippen LogP contribution in [0.15, 0.2) is 18.2 Å². The Hall–Kier alpha value is -0.890. The molecule has 2 nitrogen and oxygen atoms in total. The highest BCUT2D eigenvalue weighted by molar-refractivity contribution is 5.13. The van der Waals surface area contributed by atoms with E-state index in [0.717, 1.165) is 17.8 Å². The SMILES string of the molecule is CCC1CCCCC1C(O)c1cccc(C)n1. The van der Waals surface area contributed by atoms with Gasteiger partial charge in [0.05, 0.1) is 11.8 Å². The Balaban J connectivity index is 2.15. The topological polar surface area (TPSA) is 33.1 Å². The molecule has 94 valence electrons. The van der Waals surface area contributed by atoms with Gasteiger partial charge in [-0.15, -0.1) is 0 Å². The molecule has 2 rings (SSSR count). The lowest BCUT2D eigenvalue weighted by Crippen LogP contribution is -2.25. The highest BCUT2D eigenvalue weighted by Gasteiger charge is 2.31. The zero-order chi connectivity index (χ0) is 12.3. The summed E-state index contributed by atoms with van der Waals surface area (Å²) in [5, 5.41) is 10.5. The van der Waals surface area contributed by atoms with E-state index < -0.39 is 0 Å². The minimum atomic E-state index is -0.375. The summed E-state index contributed by atoms with van der Waals surface area (Å²) in [6.45, 7) is 4.22. The highest BCUT2D eigenvalue weighted by Crippen LogP contribution is 2.39. The Morgan fingerprint density at radius 3 is 2.82 bits per heavy atom. The monoisotopic (exact) mass is 233 g/mol. The molecular weight excluding hydrogens is 210 g/mol. The average Bonchev–Trinajstić information content (AvgIpc) is 2.38. The number of aryl methyl sites for hydroxylation is 1. The quantitative estimate of drug-likeness (QED) is 0.864. The van der Waals surface area contributed by atoms with E-state index in [1.165, 1.54) is 25.7 Å². The van der Waals surface area contributed by atoms with E-state index in [-0.39, 0.29) is 6.10 Å². The predicted octanol–water partition coefficient (Wildman–Crippen LogP) is 3.64. The molecule has 3 atom stereocenters. The van der Waals surface area contributed by atoms with Crippen LogP contribution < -0.4 is 0 Å². The maximum absolute atomic E-state index is 10.5. The second-order valence-electron chi connectivity index (χ2n) is 5.27. The molecule has 2 heteroatoms. The summed E-state index contributed by atoms with van der Waals surface area (Å²) in [6.07, 6.45) is 5.79. The largest absolute Gasteiger partial charge is 0.387 e. The number of hydrogen-bond acceptors (Lipinski definition) is 2. The lowest BCUT2D eigenvalue weighted by atomic mass is 9.74. The van der Waals surface area contributed by atoms with Gasteiger partial charge in [-0.05, 0) is 37.3 Å². The van der Waals surface area contributed by atoms with Gasteiger partial charge < -0.3 is 5.11 Å². The Bertz CT molecular complexity index is 364. The Morgan fingerprint density at radius 2 is 2.12 bits per heavy atom. The van der Waals surface area contributed by atoms with Gasteiger partial charge in [0.1, 0.15) is 0 Å². The molecule has 0 bridgehead atoms. The number of nitrogens with zero attached hydrogens (tertiary/aromatic N) is 1. The van der Waals surface area contributed by atoms with E-state index in [0.29, 0.717) is 11.8 Å². The van der Waals surface area contributed by atoms with Gasteiger partial charge in [-0.2, -0.15) is 0 Å². The zero-order valence-corrected chi connectivity index (χ0v) is 10.9. The van der Waals surface area contributed by atoms with Crippen molar-refractivity contribution in [3.8, 4) is 0 Å². The summed E-state index contributed by atoms with van der Waals surface area (Å²) in [5.41, 5.74) is 1.85. The normalized spacial score (nSPS) is 26.8. The lowest BCUT2D eigenvalue weighted by molar-refractivity contribution is 0.0421. The Labute approximate surface area is 104 Å². The third-order valence-corrected chi connectivity index (χ3v) is 4.11. The molecule has 1 aliphatic rings. The molecule has 0 amide bonds. The molecule has 0 radical (unpaired) electrons. The molecule has 17 heavy (non-hydrogen) atoms. The number of rotatable bonds is 3. The molecule has 1 fully saturated rings. The van der Waals surface area contributed by atoms with Crippen molar-refractivity contribution >= 4 is 0 Å². The van der Waals surface area contributed by atoms with Crippen molar-refractivity contribution < 1.29 is 5.11 Å². The summed E-state index contributed by atoms with van der Waals surface area (Å²) in [7, 11) is 0. The fourth-order valence-electron chi connectivity index (χ4n) is 3.11. The van der Waals surface area contributed by atoms with Gasteiger partial charge in [-0.1, -0.05) is 38.7 Å². The van der Waals surface area contributed by atoms with Gasteiger partial charge in [0, 0.05) is 5.69 Å². The minimum Gasteiger partial charge on any atom is -0.387 e. The number of pyridine rings is 1. The van der Waals surface area contributed by atoms with E-state index in [2.05, 4.69) is 11.9 Å². The maximum atomic E-state index is 10.5. The van der Waals surface area contributed by atoms with Crippen LogP contribution in [0, 0.1) is 18.8 Å². The number of hydrogen-bond donors (Lipinski definition) is 1. The highest BCUT2D eigenvalue weighted by atomic mass is 16.3. The van der Waals surface area contributed by atoms with Gasteiger partial charge in [0.15, 0.2) is 0 Å². The van der Waals surface area contributed by atoms with E-state index in [1.54, 1.807) is 0 Å². The summed E-state index contributed by atoms with van der Waals surface area (Å²) in [4.78, 5) is 4.47. The van der Waals surface area contributed by atoms with Gasteiger partial charge in [-0.3, -0.25) is 4.98 Å². The molecule has 1 saturated carbocycles. The summed E-state index contributed by atoms with van der Waals surface area (Å²) >= 11 is 0. The van der Waals surface area contributed by atoms with Crippen molar-refractivity contribution in [2.75, 3.05) is 0 Å². The van der Waals surface area contributed by atoms with Crippen molar-refractivity contribution in [1.29, 1.82) is 0 Å².